The number of benzene rings is 3. The summed E-state index contributed by atoms with van der Waals surface area (Å²) in [5.74, 6) is 2.16. The highest BCUT2D eigenvalue weighted by Crippen LogP contribution is 2.50. The first kappa shape index (κ1) is 38.3. The smallest absolute Gasteiger partial charge is 0.250 e. The van der Waals surface area contributed by atoms with E-state index in [-0.39, 0.29) is 24.3 Å². The molecular weight excluding hydrogens is 679 g/mol. The Kier molecular flexibility index (Phi) is 12.5. The molecule has 3 heterocycles. The van der Waals surface area contributed by atoms with Gasteiger partial charge in [0.1, 0.15) is 36.6 Å². The van der Waals surface area contributed by atoms with Gasteiger partial charge in [-0.15, -0.1) is 0 Å². The average Bonchev–Trinajstić information content (AvgIpc) is 3.64. The molecule has 11 nitrogen and oxygen atoms in total. The lowest BCUT2D eigenvalue weighted by atomic mass is 9.87. The lowest BCUT2D eigenvalue weighted by molar-refractivity contribution is -0.137. The molecule has 284 valence electrons. The zero-order chi connectivity index (χ0) is 38.2. The van der Waals surface area contributed by atoms with Gasteiger partial charge in [-0.3, -0.25) is 14.6 Å². The summed E-state index contributed by atoms with van der Waals surface area (Å²) in [4.78, 5) is 43.7. The number of carbonyl (C=O) groups excluding carboxylic acids is 2. The van der Waals surface area contributed by atoms with Crippen LogP contribution in [0.1, 0.15) is 81.1 Å². The molecule has 0 radical (unpaired) electrons. The summed E-state index contributed by atoms with van der Waals surface area (Å²) < 4.78 is 12.8. The number of nitrogens with one attached hydrogen (secondary N) is 3. The third-order valence-corrected chi connectivity index (χ3v) is 9.64. The number of H-pyrrole nitrogens is 1. The summed E-state index contributed by atoms with van der Waals surface area (Å²) in [7, 11) is 4.00. The fraction of sp³-hybridized carbons (Fsp3) is 0.395. The predicted octanol–water partition coefficient (Wildman–Crippen LogP) is 7.10. The van der Waals surface area contributed by atoms with Crippen LogP contribution in [0, 0.1) is 5.92 Å². The van der Waals surface area contributed by atoms with Crippen molar-refractivity contribution in [1.82, 2.24) is 30.4 Å². The van der Waals surface area contributed by atoms with Gasteiger partial charge in [0.05, 0.1) is 30.3 Å². The molecule has 0 aliphatic carbocycles. The minimum Gasteiger partial charge on any atom is -0.488 e. The molecule has 11 heteroatoms. The van der Waals surface area contributed by atoms with Crippen LogP contribution in [0.3, 0.4) is 0 Å². The summed E-state index contributed by atoms with van der Waals surface area (Å²) in [6.45, 7) is 11.6. The van der Waals surface area contributed by atoms with Crippen molar-refractivity contribution in [2.75, 3.05) is 33.7 Å². The van der Waals surface area contributed by atoms with E-state index >= 15 is 0 Å². The van der Waals surface area contributed by atoms with Gasteiger partial charge in [0, 0.05) is 66.2 Å². The van der Waals surface area contributed by atoms with Gasteiger partial charge in [0.15, 0.2) is 0 Å². The topological polar surface area (TPSA) is 124 Å². The molecule has 0 bridgehead atoms. The van der Waals surface area contributed by atoms with Crippen molar-refractivity contribution < 1.29 is 19.1 Å². The number of nitrogens with zero attached hydrogens (tertiary/aromatic N) is 4. The van der Waals surface area contributed by atoms with Crippen LogP contribution < -0.4 is 20.1 Å². The van der Waals surface area contributed by atoms with Gasteiger partial charge < -0.3 is 34.9 Å². The number of amides is 2. The van der Waals surface area contributed by atoms with Crippen molar-refractivity contribution in [2.45, 2.75) is 72.8 Å². The Bertz CT molecular complexity index is 1950. The predicted molar refractivity (Wildman–Crippen MR) is 214 cm³/mol. The Morgan fingerprint density at radius 2 is 1.69 bits per heavy atom. The monoisotopic (exact) mass is 731 g/mol. The average molecular weight is 732 g/mol. The number of aromatic amines is 1. The molecular formula is C43H53N7O4. The second-order valence-corrected chi connectivity index (χ2v) is 14.5. The van der Waals surface area contributed by atoms with Crippen LogP contribution in [-0.2, 0) is 29.3 Å². The maximum Gasteiger partial charge on any atom is 0.250 e. The minimum absolute atomic E-state index is 0.146. The zero-order valence-electron chi connectivity index (χ0n) is 32.4. The second kappa shape index (κ2) is 17.6. The van der Waals surface area contributed by atoms with E-state index in [0.717, 1.165) is 87.8 Å². The summed E-state index contributed by atoms with van der Waals surface area (Å²) >= 11 is 0. The van der Waals surface area contributed by atoms with E-state index in [1.807, 2.05) is 70.6 Å². The highest BCUT2D eigenvalue weighted by Gasteiger charge is 2.31. The fourth-order valence-corrected chi connectivity index (χ4v) is 7.08. The highest BCUT2D eigenvalue weighted by molar-refractivity contribution is 5.89. The first-order valence-electron chi connectivity index (χ1n) is 19.0. The van der Waals surface area contributed by atoms with Crippen molar-refractivity contribution in [1.29, 1.82) is 0 Å². The van der Waals surface area contributed by atoms with Crippen molar-refractivity contribution in [2.24, 2.45) is 10.9 Å². The molecule has 1 aromatic heterocycles. The minimum atomic E-state index is -0.787. The normalized spacial score (nSPS) is 13.7. The third kappa shape index (κ3) is 8.85. The van der Waals surface area contributed by atoms with E-state index in [1.54, 1.807) is 11.1 Å². The van der Waals surface area contributed by atoms with Crippen molar-refractivity contribution in [3.8, 4) is 33.9 Å². The maximum atomic E-state index is 14.1. The van der Waals surface area contributed by atoms with Gasteiger partial charge in [-0.05, 0) is 62.2 Å². The van der Waals surface area contributed by atoms with E-state index in [2.05, 4.69) is 63.7 Å². The summed E-state index contributed by atoms with van der Waals surface area (Å²) in [6.07, 6.45) is 7.80. The molecule has 0 saturated heterocycles. The summed E-state index contributed by atoms with van der Waals surface area (Å²) in [6, 6.07) is 17.0. The van der Waals surface area contributed by atoms with Gasteiger partial charge in [-0.2, -0.15) is 0 Å². The van der Waals surface area contributed by atoms with Gasteiger partial charge in [0.25, 0.3) is 0 Å². The SMILES string of the molecule is CCCN(C)CC=N/C=C(\NC)c1cc2c3c(c1)OCc1cc(-c4cnc(CN(CCC)C(=O)[C@H](NC(=O)CC(C)C)c5ccccc5)[nH]4)cc(c1-3)OC2. The van der Waals surface area contributed by atoms with Crippen LogP contribution in [0.2, 0.25) is 0 Å². The fourth-order valence-electron chi connectivity index (χ4n) is 7.08. The van der Waals surface area contributed by atoms with E-state index < -0.39 is 6.04 Å². The molecule has 0 spiro atoms. The quantitative estimate of drug-likeness (QED) is 0.0991. The molecule has 0 unspecified atom stereocenters. The first-order valence-corrected chi connectivity index (χ1v) is 19.0. The molecule has 3 N–H and O–H groups in total. The maximum absolute atomic E-state index is 14.1. The molecule has 6 rings (SSSR count). The van der Waals surface area contributed by atoms with E-state index in [9.17, 15) is 9.59 Å². The van der Waals surface area contributed by atoms with Crippen LogP contribution >= 0.6 is 0 Å². The first-order chi connectivity index (χ1) is 26.2. The molecule has 0 saturated carbocycles. The van der Waals surface area contributed by atoms with Crippen molar-refractivity contribution in [3.05, 3.63) is 95.1 Å². The van der Waals surface area contributed by atoms with Crippen LogP contribution in [0.4, 0.5) is 0 Å². The van der Waals surface area contributed by atoms with Crippen molar-refractivity contribution in [3.63, 3.8) is 0 Å². The van der Waals surface area contributed by atoms with Crippen LogP contribution in [0.5, 0.6) is 11.5 Å². The number of imidazole rings is 1. The summed E-state index contributed by atoms with van der Waals surface area (Å²) in [5, 5.41) is 6.30. The van der Waals surface area contributed by atoms with E-state index in [0.29, 0.717) is 32.0 Å². The highest BCUT2D eigenvalue weighted by atomic mass is 16.5. The molecule has 2 aliphatic heterocycles. The Labute approximate surface area is 318 Å². The number of rotatable bonds is 17. The molecule has 2 aliphatic rings. The third-order valence-electron chi connectivity index (χ3n) is 9.64. The van der Waals surface area contributed by atoms with Gasteiger partial charge >= 0.3 is 0 Å². The van der Waals surface area contributed by atoms with E-state index in [1.165, 1.54) is 0 Å². The van der Waals surface area contributed by atoms with Crippen LogP contribution in [-0.4, -0.2) is 71.5 Å². The van der Waals surface area contributed by atoms with Gasteiger partial charge in [-0.25, -0.2) is 4.98 Å². The molecule has 0 fully saturated rings. The largest absolute Gasteiger partial charge is 0.488 e. The molecule has 3 aromatic carbocycles. The van der Waals surface area contributed by atoms with Crippen LogP contribution in [0.25, 0.3) is 28.1 Å². The standard InChI is InChI=1S/C43H53N7O4/c1-7-15-49(6)17-14-45-23-34(44-5)30-19-32-26-54-37-22-31(20-33-27-53-36(21-30)40(32)41(33)37)35-24-46-38(47-35)25-50(16-8-2)43(52)42(29-12-10-9-11-13-29)48-39(51)18-28(3)4/h9-14,19-24,28,42,44H,7-8,15-18,25-27H2,1-6H3,(H,46,47)(H,48,51)/b34-23-,45-14?/t42-/m1/s1. The number of carbonyl (C=O) groups is 2. The number of aliphatic imine (C=N–C) groups is 1. The molecule has 54 heavy (non-hydrogen) atoms. The Morgan fingerprint density at radius 3 is 2.37 bits per heavy atom. The van der Waals surface area contributed by atoms with Gasteiger partial charge in [0.2, 0.25) is 11.8 Å². The summed E-state index contributed by atoms with van der Waals surface area (Å²) in [5.41, 5.74) is 8.62. The Balaban J connectivity index is 1.22. The van der Waals surface area contributed by atoms with Gasteiger partial charge in [-0.1, -0.05) is 58.0 Å². The number of hydrogen-bond donors (Lipinski definition) is 3. The number of aromatic nitrogens is 2. The molecule has 1 atom stereocenters. The van der Waals surface area contributed by atoms with Crippen molar-refractivity contribution >= 4 is 23.7 Å². The molecule has 2 amide bonds. The second-order valence-electron chi connectivity index (χ2n) is 14.5. The Morgan fingerprint density at radius 1 is 0.981 bits per heavy atom. The van der Waals surface area contributed by atoms with E-state index in [4.69, 9.17) is 14.5 Å². The lowest BCUT2D eigenvalue weighted by Crippen LogP contribution is -2.43. The zero-order valence-corrected chi connectivity index (χ0v) is 32.4. The lowest BCUT2D eigenvalue weighted by Gasteiger charge is -2.30. The molecule has 4 aromatic rings. The number of hydrogen-bond acceptors (Lipinski definition) is 8. The Hall–Kier alpha value is -5.42. The number of ether oxygens (including phenoxy) is 2. The van der Waals surface area contributed by atoms with Crippen LogP contribution in [0.15, 0.2) is 72.0 Å².